The molecule has 3 rings (SSSR count). The van der Waals surface area contributed by atoms with Crippen LogP contribution >= 0.6 is 23.2 Å². The van der Waals surface area contributed by atoms with Gasteiger partial charge in [-0.3, -0.25) is 14.5 Å². The number of hydrogen-bond donors (Lipinski definition) is 1. The molecule has 1 aromatic rings. The van der Waals surface area contributed by atoms with E-state index in [1.54, 1.807) is 25.2 Å². The molecule has 8 heteroatoms. The standard InChI is InChI=1S/C23H31Cl2N3O3/c1-5-22(2,3)16-8-10-23(11-9-16)20(30)28(21(31)26-23)14-19(29)27(4)13-15-6-7-17(24)18(25)12-15/h6-7,12,16H,5,8-11,13-14H2,1-4H3,(H,26,31). The lowest BCUT2D eigenvalue weighted by Gasteiger charge is -2.42. The fraction of sp³-hybridized carbons (Fsp3) is 0.609. The molecule has 1 heterocycles. The van der Waals surface area contributed by atoms with Crippen LogP contribution in [0.15, 0.2) is 18.2 Å². The van der Waals surface area contributed by atoms with Crippen molar-refractivity contribution in [2.45, 2.75) is 65.0 Å². The van der Waals surface area contributed by atoms with Crippen LogP contribution in [0.4, 0.5) is 4.79 Å². The van der Waals surface area contributed by atoms with Gasteiger partial charge in [0.05, 0.1) is 10.0 Å². The second-order valence-electron chi connectivity index (χ2n) is 9.52. The Morgan fingerprint density at radius 1 is 1.23 bits per heavy atom. The topological polar surface area (TPSA) is 69.7 Å². The molecule has 31 heavy (non-hydrogen) atoms. The molecule has 1 saturated heterocycles. The van der Waals surface area contributed by atoms with Crippen LogP contribution in [0.1, 0.15) is 58.4 Å². The number of halogens is 2. The minimum absolute atomic E-state index is 0.218. The predicted octanol–water partition coefficient (Wildman–Crippen LogP) is 4.87. The average Bonchev–Trinajstić information content (AvgIpc) is 2.95. The summed E-state index contributed by atoms with van der Waals surface area (Å²) in [6.45, 7) is 6.75. The van der Waals surface area contributed by atoms with E-state index in [9.17, 15) is 14.4 Å². The summed E-state index contributed by atoms with van der Waals surface area (Å²) >= 11 is 12.0. The van der Waals surface area contributed by atoms with Gasteiger partial charge >= 0.3 is 6.03 Å². The van der Waals surface area contributed by atoms with Gasteiger partial charge in [0.15, 0.2) is 0 Å². The summed E-state index contributed by atoms with van der Waals surface area (Å²) in [4.78, 5) is 41.0. The van der Waals surface area contributed by atoms with E-state index in [0.717, 1.165) is 29.7 Å². The van der Waals surface area contributed by atoms with Crippen molar-refractivity contribution in [3.63, 3.8) is 0 Å². The summed E-state index contributed by atoms with van der Waals surface area (Å²) < 4.78 is 0. The van der Waals surface area contributed by atoms with Crippen molar-refractivity contribution in [1.82, 2.24) is 15.1 Å². The lowest BCUT2D eigenvalue weighted by Crippen LogP contribution is -2.51. The number of carbonyl (C=O) groups excluding carboxylic acids is 3. The van der Waals surface area contributed by atoms with E-state index in [4.69, 9.17) is 23.2 Å². The van der Waals surface area contributed by atoms with Crippen LogP contribution < -0.4 is 5.32 Å². The molecule has 2 aliphatic rings. The first-order chi connectivity index (χ1) is 14.5. The van der Waals surface area contributed by atoms with Gasteiger partial charge in [0.25, 0.3) is 5.91 Å². The van der Waals surface area contributed by atoms with E-state index in [1.807, 2.05) is 0 Å². The zero-order chi connectivity index (χ0) is 23.0. The molecule has 0 bridgehead atoms. The Labute approximate surface area is 194 Å². The molecule has 1 aliphatic heterocycles. The van der Waals surface area contributed by atoms with Crippen molar-refractivity contribution in [2.75, 3.05) is 13.6 Å². The third kappa shape index (κ3) is 4.85. The summed E-state index contributed by atoms with van der Waals surface area (Å²) in [7, 11) is 1.64. The lowest BCUT2D eigenvalue weighted by atomic mass is 9.65. The van der Waals surface area contributed by atoms with Gasteiger partial charge in [-0.05, 0) is 54.7 Å². The molecule has 1 spiro atoms. The Bertz CT molecular complexity index is 879. The fourth-order valence-electron chi connectivity index (χ4n) is 4.60. The van der Waals surface area contributed by atoms with Crippen molar-refractivity contribution in [3.05, 3.63) is 33.8 Å². The highest BCUT2D eigenvalue weighted by Crippen LogP contribution is 2.45. The number of nitrogens with one attached hydrogen (secondary N) is 1. The maximum absolute atomic E-state index is 13.2. The predicted molar refractivity (Wildman–Crippen MR) is 122 cm³/mol. The fourth-order valence-corrected chi connectivity index (χ4v) is 4.92. The van der Waals surface area contributed by atoms with Crippen molar-refractivity contribution < 1.29 is 14.4 Å². The van der Waals surface area contributed by atoms with Gasteiger partial charge in [-0.1, -0.05) is 56.5 Å². The van der Waals surface area contributed by atoms with Crippen LogP contribution in [0.2, 0.25) is 10.0 Å². The van der Waals surface area contributed by atoms with Crippen molar-refractivity contribution >= 4 is 41.0 Å². The minimum Gasteiger partial charge on any atom is -0.340 e. The third-order valence-corrected chi connectivity index (χ3v) is 7.96. The average molecular weight is 468 g/mol. The van der Waals surface area contributed by atoms with Gasteiger partial charge in [0.2, 0.25) is 5.91 Å². The van der Waals surface area contributed by atoms with Crippen LogP contribution in [-0.2, 0) is 16.1 Å². The Balaban J connectivity index is 1.62. The Morgan fingerprint density at radius 2 is 1.87 bits per heavy atom. The number of hydrogen-bond acceptors (Lipinski definition) is 3. The summed E-state index contributed by atoms with van der Waals surface area (Å²) in [5.74, 6) is -0.0604. The number of carbonyl (C=O) groups is 3. The molecule has 170 valence electrons. The molecule has 1 aliphatic carbocycles. The van der Waals surface area contributed by atoms with Crippen LogP contribution in [0.3, 0.4) is 0 Å². The molecule has 1 N–H and O–H groups in total. The highest BCUT2D eigenvalue weighted by molar-refractivity contribution is 6.42. The van der Waals surface area contributed by atoms with Gasteiger partial charge in [0.1, 0.15) is 12.1 Å². The molecular weight excluding hydrogens is 437 g/mol. The summed E-state index contributed by atoms with van der Waals surface area (Å²) in [6.07, 6.45) is 4.11. The Hall–Kier alpha value is -1.79. The number of imide groups is 1. The minimum atomic E-state index is -0.861. The lowest BCUT2D eigenvalue weighted by molar-refractivity contribution is -0.139. The quantitative estimate of drug-likeness (QED) is 0.606. The van der Waals surface area contributed by atoms with E-state index >= 15 is 0 Å². The van der Waals surface area contributed by atoms with Crippen molar-refractivity contribution in [1.29, 1.82) is 0 Å². The maximum Gasteiger partial charge on any atom is 0.325 e. The van der Waals surface area contributed by atoms with Crippen LogP contribution in [0, 0.1) is 11.3 Å². The second kappa shape index (κ2) is 8.99. The first kappa shape index (κ1) is 23.9. The van der Waals surface area contributed by atoms with Crippen LogP contribution in [0.25, 0.3) is 0 Å². The second-order valence-corrected chi connectivity index (χ2v) is 10.3. The van der Waals surface area contributed by atoms with Crippen molar-refractivity contribution in [2.24, 2.45) is 11.3 Å². The van der Waals surface area contributed by atoms with Gasteiger partial charge in [-0.25, -0.2) is 4.79 Å². The summed E-state index contributed by atoms with van der Waals surface area (Å²) in [5, 5.41) is 3.76. The molecule has 2 fully saturated rings. The monoisotopic (exact) mass is 467 g/mol. The van der Waals surface area contributed by atoms with Gasteiger partial charge in [-0.2, -0.15) is 0 Å². The molecule has 0 unspecified atom stereocenters. The van der Waals surface area contributed by atoms with Gasteiger partial charge < -0.3 is 10.2 Å². The first-order valence-electron chi connectivity index (χ1n) is 10.8. The van der Waals surface area contributed by atoms with E-state index in [2.05, 4.69) is 26.1 Å². The van der Waals surface area contributed by atoms with E-state index in [1.165, 1.54) is 4.90 Å². The third-order valence-electron chi connectivity index (χ3n) is 7.22. The number of nitrogens with zero attached hydrogens (tertiary/aromatic N) is 2. The number of benzene rings is 1. The van der Waals surface area contributed by atoms with Crippen LogP contribution in [0.5, 0.6) is 0 Å². The number of urea groups is 1. The largest absolute Gasteiger partial charge is 0.340 e. The zero-order valence-electron chi connectivity index (χ0n) is 18.6. The Kier molecular flexibility index (Phi) is 6.92. The highest BCUT2D eigenvalue weighted by atomic mass is 35.5. The number of likely N-dealkylation sites (N-methyl/N-ethyl adjacent to an activating group) is 1. The number of amides is 4. The molecule has 0 radical (unpaired) electrons. The number of rotatable bonds is 6. The van der Waals surface area contributed by atoms with Gasteiger partial charge in [0, 0.05) is 13.6 Å². The molecule has 6 nitrogen and oxygen atoms in total. The van der Waals surface area contributed by atoms with Crippen molar-refractivity contribution in [3.8, 4) is 0 Å². The van der Waals surface area contributed by atoms with E-state index in [0.29, 0.717) is 35.3 Å². The molecule has 0 aromatic heterocycles. The first-order valence-corrected chi connectivity index (χ1v) is 11.6. The van der Waals surface area contributed by atoms with E-state index < -0.39 is 11.6 Å². The normalized spacial score (nSPS) is 23.9. The SMILES string of the molecule is CCC(C)(C)C1CCC2(CC1)NC(=O)N(CC(=O)N(C)Cc1ccc(Cl)c(Cl)c1)C2=O. The molecule has 1 aromatic carbocycles. The molecule has 1 saturated carbocycles. The van der Waals surface area contributed by atoms with Crippen LogP contribution in [-0.4, -0.2) is 46.8 Å². The highest BCUT2D eigenvalue weighted by Gasteiger charge is 2.53. The molecular formula is C23H31Cl2N3O3. The summed E-state index contributed by atoms with van der Waals surface area (Å²) in [6, 6.07) is 4.69. The van der Waals surface area contributed by atoms with Gasteiger partial charge in [-0.15, -0.1) is 0 Å². The van der Waals surface area contributed by atoms with E-state index in [-0.39, 0.29) is 23.8 Å². The summed E-state index contributed by atoms with van der Waals surface area (Å²) in [5.41, 5.74) is 0.173. The Morgan fingerprint density at radius 3 is 2.45 bits per heavy atom. The molecule has 4 amide bonds. The molecule has 0 atom stereocenters. The zero-order valence-corrected chi connectivity index (χ0v) is 20.1. The maximum atomic E-state index is 13.2. The smallest absolute Gasteiger partial charge is 0.325 e.